The maximum Gasteiger partial charge on any atom is 0.418 e. The Morgan fingerprint density at radius 2 is 2.00 bits per heavy atom. The number of hydrogen-bond donors (Lipinski definition) is 3. The van der Waals surface area contributed by atoms with Crippen molar-refractivity contribution in [3.8, 4) is 0 Å². The maximum atomic E-state index is 13.7. The summed E-state index contributed by atoms with van der Waals surface area (Å²) in [5, 5.41) is 2.93. The molecule has 8 nitrogen and oxygen atoms in total. The van der Waals surface area contributed by atoms with Gasteiger partial charge in [0.2, 0.25) is 5.91 Å². The Bertz CT molecular complexity index is 1160. The number of halogens is 3. The molecule has 0 aromatic carbocycles. The number of hydrazine groups is 1. The van der Waals surface area contributed by atoms with E-state index in [-0.39, 0.29) is 35.5 Å². The Morgan fingerprint density at radius 3 is 2.61 bits per heavy atom. The van der Waals surface area contributed by atoms with Crippen LogP contribution >= 0.6 is 0 Å². The van der Waals surface area contributed by atoms with Gasteiger partial charge in [-0.05, 0) is 62.1 Å². The van der Waals surface area contributed by atoms with Gasteiger partial charge >= 0.3 is 11.9 Å². The lowest BCUT2D eigenvalue weighted by Gasteiger charge is -2.47. The number of nitrogens with one attached hydrogen (secondary N) is 3. The van der Waals surface area contributed by atoms with Crippen LogP contribution in [0.4, 0.5) is 13.2 Å². The Kier molecular flexibility index (Phi) is 6.90. The topological polar surface area (TPSA) is 82.8 Å². The number of hydrogen-bond acceptors (Lipinski definition) is 5. The van der Waals surface area contributed by atoms with Crippen LogP contribution in [0.1, 0.15) is 57.1 Å². The average Bonchev–Trinajstić information content (AvgIpc) is 3.36. The first-order valence-electron chi connectivity index (χ1n) is 12.9. The molecule has 11 heteroatoms. The molecule has 5 atom stereocenters. The van der Waals surface area contributed by atoms with E-state index in [0.717, 1.165) is 30.0 Å². The average molecular weight is 509 g/mol. The van der Waals surface area contributed by atoms with Gasteiger partial charge in [0.05, 0.1) is 23.9 Å². The molecular formula is C25H35F3N6O2. The summed E-state index contributed by atoms with van der Waals surface area (Å²) in [6.45, 7) is 2.73. The van der Waals surface area contributed by atoms with Crippen molar-refractivity contribution in [1.82, 2.24) is 30.0 Å². The van der Waals surface area contributed by atoms with Gasteiger partial charge in [-0.25, -0.2) is 15.6 Å². The minimum atomic E-state index is -4.55. The van der Waals surface area contributed by atoms with Crippen molar-refractivity contribution in [3.05, 3.63) is 40.6 Å². The third kappa shape index (κ3) is 4.80. The first-order valence-corrected chi connectivity index (χ1v) is 12.9. The predicted molar refractivity (Wildman–Crippen MR) is 129 cm³/mol. The smallest absolute Gasteiger partial charge is 0.356 e. The molecule has 0 spiro atoms. The highest BCUT2D eigenvalue weighted by Gasteiger charge is 2.45. The van der Waals surface area contributed by atoms with E-state index in [1.54, 1.807) is 0 Å². The van der Waals surface area contributed by atoms with E-state index in [2.05, 4.69) is 28.1 Å². The van der Waals surface area contributed by atoms with Gasteiger partial charge in [-0.2, -0.15) is 13.2 Å². The quantitative estimate of drug-likeness (QED) is 0.559. The third-order valence-electron chi connectivity index (χ3n) is 8.53. The van der Waals surface area contributed by atoms with Crippen LogP contribution in [0.5, 0.6) is 0 Å². The summed E-state index contributed by atoms with van der Waals surface area (Å²) >= 11 is 0. The van der Waals surface area contributed by atoms with E-state index >= 15 is 0 Å². The number of carbonyl (C=O) groups excluding carboxylic acids is 1. The zero-order valence-corrected chi connectivity index (χ0v) is 20.7. The Hall–Kier alpha value is -2.37. The SMILES string of the molecule is CC(=O)NCC1CC([C@@H](C2CCC2)C2NNCN2C)CC(n2cc3c(C(F)(F)F)cccn3c2=O)C1. The minimum absolute atomic E-state index is 0.104. The second-order valence-electron chi connectivity index (χ2n) is 10.9. The number of amides is 1. The van der Waals surface area contributed by atoms with Crippen LogP contribution in [0.25, 0.3) is 5.52 Å². The normalized spacial score (nSPS) is 28.8. The zero-order valence-electron chi connectivity index (χ0n) is 20.7. The third-order valence-corrected chi connectivity index (χ3v) is 8.53. The summed E-state index contributed by atoms with van der Waals surface area (Å²) in [4.78, 5) is 27.3. The molecule has 3 aliphatic rings. The van der Waals surface area contributed by atoms with E-state index in [1.807, 2.05) is 0 Å². The van der Waals surface area contributed by atoms with Crippen molar-refractivity contribution in [2.45, 2.75) is 63.8 Å². The molecular weight excluding hydrogens is 473 g/mol. The van der Waals surface area contributed by atoms with Crippen LogP contribution in [-0.4, -0.2) is 46.2 Å². The molecule has 36 heavy (non-hydrogen) atoms. The van der Waals surface area contributed by atoms with Gasteiger partial charge in [0.15, 0.2) is 0 Å². The second-order valence-corrected chi connectivity index (χ2v) is 10.9. The molecule has 0 radical (unpaired) electrons. The van der Waals surface area contributed by atoms with E-state index < -0.39 is 17.4 Å². The number of nitrogens with zero attached hydrogens (tertiary/aromatic N) is 3. The van der Waals surface area contributed by atoms with Crippen LogP contribution < -0.4 is 21.9 Å². The van der Waals surface area contributed by atoms with Crippen LogP contribution in [0.3, 0.4) is 0 Å². The summed E-state index contributed by atoms with van der Waals surface area (Å²) in [5.74, 6) is 1.21. The second kappa shape index (κ2) is 9.83. The van der Waals surface area contributed by atoms with Gasteiger partial charge < -0.3 is 5.32 Å². The van der Waals surface area contributed by atoms with Gasteiger partial charge in [-0.3, -0.25) is 18.7 Å². The molecule has 2 saturated carbocycles. The van der Waals surface area contributed by atoms with Crippen molar-refractivity contribution in [1.29, 1.82) is 0 Å². The highest BCUT2D eigenvalue weighted by atomic mass is 19.4. The molecule has 198 valence electrons. The molecule has 3 N–H and O–H groups in total. The Labute approximate surface area is 208 Å². The standard InChI is InChI=1S/C25H35F3N6O2/c1-15(35)29-12-16-9-18(22(17-5-3-6-17)23-31-30-14-32(23)2)11-19(10-16)34-13-21-20(25(26,27)28)7-4-8-33(21)24(34)36/h4,7-8,13,16-19,22-23,30-31H,3,5-6,9-12,14H2,1-2H3,(H,29,35)/t16?,18?,19?,22-,23?/m1/s1. The number of pyridine rings is 1. The maximum absolute atomic E-state index is 13.7. The lowest BCUT2D eigenvalue weighted by molar-refractivity contribution is -0.136. The monoisotopic (exact) mass is 508 g/mol. The van der Waals surface area contributed by atoms with Crippen molar-refractivity contribution < 1.29 is 18.0 Å². The largest absolute Gasteiger partial charge is 0.418 e. The molecule has 4 unspecified atom stereocenters. The Morgan fingerprint density at radius 1 is 1.22 bits per heavy atom. The van der Waals surface area contributed by atoms with Crippen molar-refractivity contribution in [3.63, 3.8) is 0 Å². The molecule has 3 heterocycles. The molecule has 1 aliphatic heterocycles. The van der Waals surface area contributed by atoms with E-state index in [1.165, 1.54) is 49.2 Å². The predicted octanol–water partition coefficient (Wildman–Crippen LogP) is 2.95. The lowest BCUT2D eigenvalue weighted by Crippen LogP contribution is -2.51. The summed E-state index contributed by atoms with van der Waals surface area (Å²) < 4.78 is 43.6. The Balaban J connectivity index is 1.51. The molecule has 5 rings (SSSR count). The van der Waals surface area contributed by atoms with E-state index in [0.29, 0.717) is 24.8 Å². The molecule has 2 aromatic heterocycles. The first-order chi connectivity index (χ1) is 17.1. The van der Waals surface area contributed by atoms with Gasteiger partial charge in [0.25, 0.3) is 0 Å². The summed E-state index contributed by atoms with van der Waals surface area (Å²) in [6, 6.07) is 2.05. The van der Waals surface area contributed by atoms with Gasteiger partial charge in [0.1, 0.15) is 0 Å². The molecule has 0 bridgehead atoms. The van der Waals surface area contributed by atoms with Gasteiger partial charge in [-0.1, -0.05) is 19.3 Å². The number of fused-ring (bicyclic) bond motifs is 1. The number of aromatic nitrogens is 2. The molecule has 1 amide bonds. The molecule has 2 aromatic rings. The van der Waals surface area contributed by atoms with Crippen molar-refractivity contribution in [2.24, 2.45) is 23.7 Å². The lowest BCUT2D eigenvalue weighted by atomic mass is 9.63. The van der Waals surface area contributed by atoms with E-state index in [9.17, 15) is 22.8 Å². The molecule has 1 saturated heterocycles. The fraction of sp³-hybridized carbons (Fsp3) is 0.680. The van der Waals surface area contributed by atoms with Crippen molar-refractivity contribution in [2.75, 3.05) is 20.3 Å². The molecule has 2 aliphatic carbocycles. The fourth-order valence-electron chi connectivity index (χ4n) is 6.68. The van der Waals surface area contributed by atoms with Crippen molar-refractivity contribution >= 4 is 11.4 Å². The van der Waals surface area contributed by atoms with E-state index in [4.69, 9.17) is 0 Å². The van der Waals surface area contributed by atoms with Gasteiger partial charge in [-0.15, -0.1) is 0 Å². The number of rotatable bonds is 6. The molecule has 3 fully saturated rings. The van der Waals surface area contributed by atoms with Crippen LogP contribution in [0.15, 0.2) is 29.3 Å². The zero-order chi connectivity index (χ0) is 25.6. The summed E-state index contributed by atoms with van der Waals surface area (Å²) in [6.07, 6.45) is 4.21. The van der Waals surface area contributed by atoms with Gasteiger partial charge in [0, 0.05) is 31.9 Å². The summed E-state index contributed by atoms with van der Waals surface area (Å²) in [7, 11) is 2.09. The number of carbonyl (C=O) groups is 1. The number of imidazole rings is 1. The van der Waals surface area contributed by atoms with Crippen LogP contribution in [-0.2, 0) is 11.0 Å². The highest BCUT2D eigenvalue weighted by molar-refractivity contribution is 5.72. The number of alkyl halides is 3. The highest BCUT2D eigenvalue weighted by Crippen LogP contribution is 2.48. The minimum Gasteiger partial charge on any atom is -0.356 e. The fourth-order valence-corrected chi connectivity index (χ4v) is 6.68. The summed E-state index contributed by atoms with van der Waals surface area (Å²) in [5.41, 5.74) is 5.31. The van der Waals surface area contributed by atoms with Crippen LogP contribution in [0, 0.1) is 23.7 Å². The first kappa shape index (κ1) is 25.3. The van der Waals surface area contributed by atoms with Crippen LogP contribution in [0.2, 0.25) is 0 Å².